The fourth-order valence-corrected chi connectivity index (χ4v) is 2.72. The Morgan fingerprint density at radius 3 is 1.56 bits per heavy atom. The van der Waals surface area contributed by atoms with E-state index in [1.807, 2.05) is 0 Å². The van der Waals surface area contributed by atoms with Crippen LogP contribution in [0.2, 0.25) is 0 Å². The van der Waals surface area contributed by atoms with E-state index in [9.17, 15) is 7.67 Å². The Morgan fingerprint density at radius 2 is 1.33 bits per heavy atom. The maximum atomic E-state index is 10.3. The molecule has 0 radical (unpaired) electrons. The Bertz CT molecular complexity index is 108. The summed E-state index contributed by atoms with van der Waals surface area (Å²) in [4.78, 5) is 0. The molecular formula is C2H6O5Se2. The van der Waals surface area contributed by atoms with E-state index >= 15 is 0 Å². The van der Waals surface area contributed by atoms with Crippen molar-refractivity contribution in [2.45, 2.75) is 0 Å². The molecule has 0 rings (SSSR count). The van der Waals surface area contributed by atoms with E-state index in [4.69, 9.17) is 0 Å². The van der Waals surface area contributed by atoms with Crippen LogP contribution >= 0.6 is 0 Å². The summed E-state index contributed by atoms with van der Waals surface area (Å²) in [5, 5.41) is 0. The van der Waals surface area contributed by atoms with Crippen LogP contribution in [0, 0.1) is 0 Å². The van der Waals surface area contributed by atoms with E-state index in [0.29, 0.717) is 0 Å². The Hall–Kier alpha value is 0.519. The second-order valence-electron chi connectivity index (χ2n) is 0.810. The van der Waals surface area contributed by atoms with E-state index in [1.165, 1.54) is 14.2 Å². The van der Waals surface area contributed by atoms with Crippen LogP contribution in [0.4, 0.5) is 0 Å². The molecule has 5 nitrogen and oxygen atoms in total. The van der Waals surface area contributed by atoms with Crippen molar-refractivity contribution in [2.24, 2.45) is 0 Å². The Morgan fingerprint density at radius 1 is 1.00 bits per heavy atom. The van der Waals surface area contributed by atoms with Crippen molar-refractivity contribution in [3.8, 4) is 0 Å². The molecule has 0 aromatic heterocycles. The van der Waals surface area contributed by atoms with E-state index in [-0.39, 0.29) is 0 Å². The molecule has 0 saturated heterocycles. The summed E-state index contributed by atoms with van der Waals surface area (Å²) in [6.07, 6.45) is 0. The second kappa shape index (κ2) is 5.32. The summed E-state index contributed by atoms with van der Waals surface area (Å²) in [7, 11) is 2.43. The minimum absolute atomic E-state index is 1.21. The molecule has 0 saturated carbocycles. The van der Waals surface area contributed by atoms with Crippen LogP contribution in [-0.2, 0) is 18.2 Å². The van der Waals surface area contributed by atoms with Gasteiger partial charge in [0.1, 0.15) is 0 Å². The molecule has 0 heterocycles. The molecule has 56 valence electrons. The third kappa shape index (κ3) is 4.99. The van der Waals surface area contributed by atoms with Gasteiger partial charge in [-0.2, -0.15) is 0 Å². The summed E-state index contributed by atoms with van der Waals surface area (Å²) >= 11 is -5.54. The average Bonchev–Trinajstić information content (AvgIpc) is 1.87. The molecule has 0 unspecified atom stereocenters. The van der Waals surface area contributed by atoms with Crippen LogP contribution in [-0.4, -0.2) is 43.2 Å². The zero-order valence-electron chi connectivity index (χ0n) is 4.86. The molecule has 7 heteroatoms. The van der Waals surface area contributed by atoms with Gasteiger partial charge in [0.15, 0.2) is 0 Å². The molecule has 0 aromatic rings. The van der Waals surface area contributed by atoms with Crippen molar-refractivity contribution in [2.75, 3.05) is 14.2 Å². The van der Waals surface area contributed by atoms with E-state index in [1.54, 1.807) is 0 Å². The molecule has 0 aliphatic heterocycles. The van der Waals surface area contributed by atoms with Crippen molar-refractivity contribution in [3.05, 3.63) is 0 Å². The zero-order chi connectivity index (χ0) is 7.28. The van der Waals surface area contributed by atoms with Crippen LogP contribution in [0.25, 0.3) is 0 Å². The molecule has 0 N–H and O–H groups in total. The minimum atomic E-state index is -2.77. The van der Waals surface area contributed by atoms with Crippen molar-refractivity contribution in [1.82, 2.24) is 0 Å². The molecule has 0 spiro atoms. The first-order chi connectivity index (χ1) is 4.20. The SMILES string of the molecule is CO[Se](=O)O[Se](=O)OC. The van der Waals surface area contributed by atoms with Crippen LogP contribution in [0.1, 0.15) is 0 Å². The Labute approximate surface area is 61.7 Å². The van der Waals surface area contributed by atoms with Gasteiger partial charge >= 0.3 is 61.4 Å². The van der Waals surface area contributed by atoms with Gasteiger partial charge in [-0.25, -0.2) is 0 Å². The number of rotatable bonds is 4. The third-order valence-corrected chi connectivity index (χ3v) is 4.41. The summed E-state index contributed by atoms with van der Waals surface area (Å²) in [6, 6.07) is 0. The number of hydrogen-bond donors (Lipinski definition) is 0. The normalized spacial score (nSPS) is 17.1. The fraction of sp³-hybridized carbons (Fsp3) is 1.00. The van der Waals surface area contributed by atoms with Crippen LogP contribution < -0.4 is 0 Å². The van der Waals surface area contributed by atoms with E-state index in [0.717, 1.165) is 0 Å². The third-order valence-electron chi connectivity index (χ3n) is 0.383. The average molecular weight is 268 g/mol. The first-order valence-corrected chi connectivity index (χ1v) is 6.01. The van der Waals surface area contributed by atoms with Crippen LogP contribution in [0.15, 0.2) is 0 Å². The summed E-state index contributed by atoms with van der Waals surface area (Å²) < 4.78 is 33.3. The second-order valence-corrected chi connectivity index (χ2v) is 5.69. The molecule has 0 aliphatic carbocycles. The zero-order valence-corrected chi connectivity index (χ0v) is 8.28. The van der Waals surface area contributed by atoms with Gasteiger partial charge in [-0.15, -0.1) is 0 Å². The van der Waals surface area contributed by atoms with Gasteiger partial charge in [0.05, 0.1) is 0 Å². The van der Waals surface area contributed by atoms with Gasteiger partial charge < -0.3 is 0 Å². The van der Waals surface area contributed by atoms with Crippen molar-refractivity contribution >= 4 is 29.0 Å². The van der Waals surface area contributed by atoms with Gasteiger partial charge in [0, 0.05) is 0 Å². The van der Waals surface area contributed by atoms with Gasteiger partial charge in [0.2, 0.25) is 0 Å². The summed E-state index contributed by atoms with van der Waals surface area (Å²) in [5.41, 5.74) is 0. The first kappa shape index (κ1) is 9.52. The first-order valence-electron chi connectivity index (χ1n) is 1.82. The Kier molecular flexibility index (Phi) is 5.62. The molecular weight excluding hydrogens is 262 g/mol. The van der Waals surface area contributed by atoms with Crippen molar-refractivity contribution in [1.29, 1.82) is 0 Å². The maximum absolute atomic E-state index is 10.3. The molecule has 0 aromatic carbocycles. The van der Waals surface area contributed by atoms with Gasteiger partial charge in [0.25, 0.3) is 0 Å². The summed E-state index contributed by atoms with van der Waals surface area (Å²) in [5.74, 6) is 0. The fourth-order valence-electron chi connectivity index (χ4n) is 0.101. The van der Waals surface area contributed by atoms with Crippen LogP contribution in [0.3, 0.4) is 0 Å². The van der Waals surface area contributed by atoms with Gasteiger partial charge in [-0.3, -0.25) is 0 Å². The van der Waals surface area contributed by atoms with E-state index < -0.39 is 29.0 Å². The van der Waals surface area contributed by atoms with Gasteiger partial charge in [-0.1, -0.05) is 0 Å². The summed E-state index contributed by atoms with van der Waals surface area (Å²) in [6.45, 7) is 0. The van der Waals surface area contributed by atoms with Crippen molar-refractivity contribution < 1.29 is 18.2 Å². The Balaban J connectivity index is 3.47. The molecule has 0 fully saturated rings. The number of hydrogen-bond acceptors (Lipinski definition) is 5. The molecule has 0 amide bonds. The molecule has 0 bridgehead atoms. The predicted octanol–water partition coefficient (Wildman–Crippen LogP) is -0.873. The molecule has 0 atom stereocenters. The molecule has 0 aliphatic rings. The standard InChI is InChI=1S/C2H6O5Se2/c1-5-8(3)7-9(4)6-2/h1-2H3. The van der Waals surface area contributed by atoms with Gasteiger partial charge in [-0.05, 0) is 0 Å². The topological polar surface area (TPSA) is 61.8 Å². The predicted molar refractivity (Wildman–Crippen MR) is 28.0 cm³/mol. The monoisotopic (exact) mass is 270 g/mol. The van der Waals surface area contributed by atoms with Crippen molar-refractivity contribution in [3.63, 3.8) is 0 Å². The van der Waals surface area contributed by atoms with E-state index in [2.05, 4.69) is 10.5 Å². The quantitative estimate of drug-likeness (QED) is 0.620. The molecule has 9 heavy (non-hydrogen) atoms. The van der Waals surface area contributed by atoms with Crippen LogP contribution in [0.5, 0.6) is 0 Å².